The number of nitrogens with zero attached hydrogens (tertiary/aromatic N) is 1. The average molecular weight is 227 g/mol. The summed E-state index contributed by atoms with van der Waals surface area (Å²) in [5.41, 5.74) is 0. The van der Waals surface area contributed by atoms with Crippen LogP contribution in [0.25, 0.3) is 0 Å². The molecule has 16 heavy (non-hydrogen) atoms. The lowest BCUT2D eigenvalue weighted by Gasteiger charge is -2.32. The molecule has 2 N–H and O–H groups in total. The molecular weight excluding hydrogens is 206 g/mol. The van der Waals surface area contributed by atoms with Crippen molar-refractivity contribution in [2.75, 3.05) is 26.7 Å². The summed E-state index contributed by atoms with van der Waals surface area (Å²) in [7, 11) is 1.61. The van der Waals surface area contributed by atoms with Crippen molar-refractivity contribution in [3.05, 3.63) is 0 Å². The van der Waals surface area contributed by atoms with Gasteiger partial charge in [0.2, 0.25) is 11.8 Å². The van der Waals surface area contributed by atoms with Crippen LogP contribution in [-0.4, -0.2) is 49.4 Å². The molecule has 1 atom stereocenters. The van der Waals surface area contributed by atoms with Crippen molar-refractivity contribution >= 4 is 11.8 Å². The van der Waals surface area contributed by atoms with Crippen LogP contribution in [-0.2, 0) is 9.59 Å². The fourth-order valence-corrected chi connectivity index (χ4v) is 1.96. The lowest BCUT2D eigenvalue weighted by molar-refractivity contribution is -0.136. The van der Waals surface area contributed by atoms with Crippen LogP contribution in [0.4, 0.5) is 0 Å². The number of carbonyl (C=O) groups excluding carboxylic acids is 2. The number of carbonyl (C=O) groups is 2. The number of likely N-dealkylation sites (tertiary alicyclic amines) is 1. The molecule has 0 aliphatic carbocycles. The van der Waals surface area contributed by atoms with E-state index in [1.54, 1.807) is 11.9 Å². The lowest BCUT2D eigenvalue weighted by Crippen LogP contribution is -2.51. The van der Waals surface area contributed by atoms with Crippen LogP contribution in [0.2, 0.25) is 0 Å². The van der Waals surface area contributed by atoms with Crippen LogP contribution in [0.15, 0.2) is 0 Å². The molecule has 0 radical (unpaired) electrons. The Morgan fingerprint density at radius 2 is 2.31 bits per heavy atom. The van der Waals surface area contributed by atoms with Crippen LogP contribution in [0.3, 0.4) is 0 Å². The van der Waals surface area contributed by atoms with E-state index in [1.807, 2.05) is 6.92 Å². The molecule has 0 aromatic carbocycles. The maximum absolute atomic E-state index is 11.9. The zero-order valence-electron chi connectivity index (χ0n) is 10.1. The summed E-state index contributed by atoms with van der Waals surface area (Å²) in [6, 6.07) is -0.0524. The summed E-state index contributed by atoms with van der Waals surface area (Å²) in [5, 5.41) is 5.74. The van der Waals surface area contributed by atoms with Gasteiger partial charge in [0.05, 0.1) is 6.04 Å². The van der Waals surface area contributed by atoms with Gasteiger partial charge in [0.25, 0.3) is 0 Å². The normalized spacial score (nSPS) is 21.0. The zero-order valence-corrected chi connectivity index (χ0v) is 10.1. The first kappa shape index (κ1) is 13.0. The lowest BCUT2D eigenvalue weighted by atomic mass is 10.0. The molecule has 0 saturated carbocycles. The van der Waals surface area contributed by atoms with Crippen molar-refractivity contribution in [3.8, 4) is 0 Å². The molecule has 92 valence electrons. The smallest absolute Gasteiger partial charge is 0.239 e. The molecule has 2 amide bonds. The Morgan fingerprint density at radius 1 is 1.56 bits per heavy atom. The minimum atomic E-state index is -0.0524. The summed E-state index contributed by atoms with van der Waals surface area (Å²) < 4.78 is 0. The Kier molecular flexibility index (Phi) is 5.25. The Balaban J connectivity index is 2.41. The van der Waals surface area contributed by atoms with Crippen molar-refractivity contribution in [2.24, 2.45) is 0 Å². The second-order valence-electron chi connectivity index (χ2n) is 4.00. The van der Waals surface area contributed by atoms with E-state index in [9.17, 15) is 9.59 Å². The fourth-order valence-electron chi connectivity index (χ4n) is 1.96. The van der Waals surface area contributed by atoms with Gasteiger partial charge >= 0.3 is 0 Å². The summed E-state index contributed by atoms with van der Waals surface area (Å²) in [6.45, 7) is 4.11. The van der Waals surface area contributed by atoms with Crippen LogP contribution < -0.4 is 10.6 Å². The van der Waals surface area contributed by atoms with E-state index in [1.165, 1.54) is 0 Å². The third kappa shape index (κ3) is 3.48. The fraction of sp³-hybridized carbons (Fsp3) is 0.818. The molecule has 1 aliphatic rings. The molecule has 0 bridgehead atoms. The number of likely N-dealkylation sites (N-methyl/N-ethyl adjacent to an activating group) is 1. The maximum Gasteiger partial charge on any atom is 0.239 e. The molecule has 0 aromatic rings. The van der Waals surface area contributed by atoms with Crippen molar-refractivity contribution in [2.45, 2.75) is 32.2 Å². The van der Waals surface area contributed by atoms with E-state index in [0.29, 0.717) is 13.0 Å². The monoisotopic (exact) mass is 227 g/mol. The van der Waals surface area contributed by atoms with Gasteiger partial charge in [-0.15, -0.1) is 0 Å². The van der Waals surface area contributed by atoms with Gasteiger partial charge in [0.15, 0.2) is 0 Å². The molecular formula is C11H21N3O2. The van der Waals surface area contributed by atoms with Crippen molar-refractivity contribution in [1.82, 2.24) is 15.5 Å². The maximum atomic E-state index is 11.9. The Hall–Kier alpha value is -1.10. The van der Waals surface area contributed by atoms with Gasteiger partial charge in [-0.25, -0.2) is 0 Å². The Morgan fingerprint density at radius 3 is 2.94 bits per heavy atom. The topological polar surface area (TPSA) is 61.4 Å². The van der Waals surface area contributed by atoms with E-state index in [2.05, 4.69) is 10.6 Å². The van der Waals surface area contributed by atoms with Crippen molar-refractivity contribution < 1.29 is 9.59 Å². The highest BCUT2D eigenvalue weighted by atomic mass is 16.2. The molecule has 1 fully saturated rings. The third-order valence-corrected chi connectivity index (χ3v) is 2.87. The minimum absolute atomic E-state index is 0.0154. The van der Waals surface area contributed by atoms with Gasteiger partial charge in [-0.3, -0.25) is 9.59 Å². The molecule has 1 unspecified atom stereocenters. The van der Waals surface area contributed by atoms with Crippen LogP contribution in [0.1, 0.15) is 26.2 Å². The van der Waals surface area contributed by atoms with Gasteiger partial charge in [-0.05, 0) is 19.4 Å². The largest absolute Gasteiger partial charge is 0.359 e. The SMILES string of the molecule is CCNC1CCCN(CCC(=O)NC)C1=O. The summed E-state index contributed by atoms with van der Waals surface area (Å²) >= 11 is 0. The predicted molar refractivity (Wildman–Crippen MR) is 62.0 cm³/mol. The highest BCUT2D eigenvalue weighted by molar-refractivity contribution is 5.83. The van der Waals surface area contributed by atoms with Gasteiger partial charge in [0.1, 0.15) is 0 Å². The van der Waals surface area contributed by atoms with Crippen LogP contribution in [0.5, 0.6) is 0 Å². The van der Waals surface area contributed by atoms with E-state index in [4.69, 9.17) is 0 Å². The first-order valence-electron chi connectivity index (χ1n) is 5.91. The third-order valence-electron chi connectivity index (χ3n) is 2.87. The second kappa shape index (κ2) is 6.48. The first-order chi connectivity index (χ1) is 7.69. The Labute approximate surface area is 96.6 Å². The van der Waals surface area contributed by atoms with E-state index >= 15 is 0 Å². The number of nitrogens with one attached hydrogen (secondary N) is 2. The molecule has 1 heterocycles. The molecule has 1 rings (SSSR count). The zero-order chi connectivity index (χ0) is 12.0. The van der Waals surface area contributed by atoms with Crippen LogP contribution >= 0.6 is 0 Å². The van der Waals surface area contributed by atoms with Gasteiger partial charge in [-0.1, -0.05) is 6.92 Å². The summed E-state index contributed by atoms with van der Waals surface area (Å²) in [6.07, 6.45) is 2.31. The minimum Gasteiger partial charge on any atom is -0.359 e. The van der Waals surface area contributed by atoms with Crippen molar-refractivity contribution in [1.29, 1.82) is 0 Å². The Bertz CT molecular complexity index is 254. The van der Waals surface area contributed by atoms with Crippen LogP contribution in [0, 0.1) is 0 Å². The molecule has 1 saturated heterocycles. The van der Waals surface area contributed by atoms with E-state index in [-0.39, 0.29) is 17.9 Å². The van der Waals surface area contributed by atoms with Gasteiger partial charge in [-0.2, -0.15) is 0 Å². The second-order valence-corrected chi connectivity index (χ2v) is 4.00. The van der Waals surface area contributed by atoms with Gasteiger partial charge in [0, 0.05) is 26.6 Å². The molecule has 0 aromatic heterocycles. The number of hydrogen-bond acceptors (Lipinski definition) is 3. The standard InChI is InChI=1S/C11H21N3O2/c1-3-13-9-5-4-7-14(11(9)16)8-6-10(15)12-2/h9,13H,3-8H2,1-2H3,(H,12,15). The van der Waals surface area contributed by atoms with Crippen molar-refractivity contribution in [3.63, 3.8) is 0 Å². The molecule has 1 aliphatic heterocycles. The summed E-state index contributed by atoms with van der Waals surface area (Å²) in [5.74, 6) is 0.121. The number of rotatable bonds is 5. The molecule has 0 spiro atoms. The van der Waals surface area contributed by atoms with E-state index in [0.717, 1.165) is 25.9 Å². The quantitative estimate of drug-likeness (QED) is 0.679. The highest BCUT2D eigenvalue weighted by Gasteiger charge is 2.27. The molecule has 5 nitrogen and oxygen atoms in total. The predicted octanol–water partition coefficient (Wildman–Crippen LogP) is -0.277. The first-order valence-corrected chi connectivity index (χ1v) is 5.91. The van der Waals surface area contributed by atoms with Gasteiger partial charge < -0.3 is 15.5 Å². The van der Waals surface area contributed by atoms with E-state index < -0.39 is 0 Å². The number of hydrogen-bond donors (Lipinski definition) is 2. The number of piperidine rings is 1. The average Bonchev–Trinajstić information content (AvgIpc) is 2.30. The highest BCUT2D eigenvalue weighted by Crippen LogP contribution is 2.11. The number of amides is 2. The molecule has 5 heteroatoms. The summed E-state index contributed by atoms with van der Waals surface area (Å²) in [4.78, 5) is 24.8.